The molecule has 0 unspecified atom stereocenters. The highest BCUT2D eigenvalue weighted by Crippen LogP contribution is 2.21. The van der Waals surface area contributed by atoms with Crippen LogP contribution in [0.3, 0.4) is 0 Å². The molecular formula is C20H15FN4O3S. The fraction of sp³-hybridized carbons (Fsp3) is 0.0500. The molecule has 0 aliphatic carbocycles. The van der Waals surface area contributed by atoms with E-state index in [0.29, 0.717) is 11.2 Å². The molecule has 2 heterocycles. The molecule has 1 amide bonds. The predicted molar refractivity (Wildman–Crippen MR) is 102 cm³/mol. The number of aromatic nitrogens is 3. The maximum Gasteiger partial charge on any atom is 0.253 e. The highest BCUT2D eigenvalue weighted by atomic mass is 32.2. The summed E-state index contributed by atoms with van der Waals surface area (Å²) in [7, 11) is -3.81. The Balaban J connectivity index is 1.46. The second-order valence-corrected chi connectivity index (χ2v) is 8.25. The fourth-order valence-corrected chi connectivity index (χ4v) is 4.09. The lowest BCUT2D eigenvalue weighted by Crippen LogP contribution is -2.23. The molecule has 1 N–H and O–H groups in total. The molecular weight excluding hydrogens is 395 g/mol. The molecule has 0 radical (unpaired) electrons. The molecule has 9 heteroatoms. The number of carbonyl (C=O) groups excluding carboxylic acids is 1. The quantitative estimate of drug-likeness (QED) is 0.546. The highest BCUT2D eigenvalue weighted by molar-refractivity contribution is 7.91. The molecule has 0 bridgehead atoms. The van der Waals surface area contributed by atoms with Crippen LogP contribution in [0.4, 0.5) is 4.39 Å². The maximum absolute atomic E-state index is 13.3. The van der Waals surface area contributed by atoms with E-state index in [2.05, 4.69) is 15.5 Å². The number of carbonyl (C=O) groups is 1. The Kier molecular flexibility index (Phi) is 4.81. The topological polar surface area (TPSA) is 93.4 Å². The van der Waals surface area contributed by atoms with Gasteiger partial charge >= 0.3 is 0 Å². The van der Waals surface area contributed by atoms with Crippen LogP contribution in [0.5, 0.6) is 0 Å². The Morgan fingerprint density at radius 3 is 2.59 bits per heavy atom. The van der Waals surface area contributed by atoms with E-state index in [-0.39, 0.29) is 22.2 Å². The van der Waals surface area contributed by atoms with Gasteiger partial charge in [0.05, 0.1) is 15.4 Å². The third kappa shape index (κ3) is 3.85. The summed E-state index contributed by atoms with van der Waals surface area (Å²) in [6.07, 6.45) is 3.13. The second-order valence-electron chi connectivity index (χ2n) is 6.30. The van der Waals surface area contributed by atoms with E-state index in [1.165, 1.54) is 36.7 Å². The summed E-state index contributed by atoms with van der Waals surface area (Å²) >= 11 is 0. The molecule has 4 aromatic rings. The number of hydrogen-bond acceptors (Lipinski definition) is 5. The molecule has 0 aliphatic heterocycles. The van der Waals surface area contributed by atoms with E-state index in [0.717, 1.165) is 11.6 Å². The molecule has 29 heavy (non-hydrogen) atoms. The van der Waals surface area contributed by atoms with E-state index in [4.69, 9.17) is 0 Å². The number of hydrogen-bond donors (Lipinski definition) is 1. The number of benzene rings is 2. The Labute approximate surface area is 165 Å². The molecule has 2 aromatic heterocycles. The minimum atomic E-state index is -3.81. The first-order chi connectivity index (χ1) is 13.9. The molecule has 7 nitrogen and oxygen atoms in total. The minimum Gasteiger partial charge on any atom is -0.348 e. The van der Waals surface area contributed by atoms with Crippen molar-refractivity contribution in [3.63, 3.8) is 0 Å². The van der Waals surface area contributed by atoms with E-state index < -0.39 is 15.7 Å². The molecule has 0 saturated carbocycles. The SMILES string of the molecule is O=C(NCc1ccc(S(=O)(=O)c2cccc(F)c2)cc1)c1ccc2nncn2c1. The van der Waals surface area contributed by atoms with Gasteiger partial charge in [-0.15, -0.1) is 10.2 Å². The van der Waals surface area contributed by atoms with Crippen molar-refractivity contribution in [2.45, 2.75) is 16.3 Å². The molecule has 0 spiro atoms. The summed E-state index contributed by atoms with van der Waals surface area (Å²) in [6, 6.07) is 14.3. The summed E-state index contributed by atoms with van der Waals surface area (Å²) in [5.74, 6) is -0.896. The van der Waals surface area contributed by atoms with Gasteiger partial charge in [-0.05, 0) is 48.0 Å². The fourth-order valence-electron chi connectivity index (χ4n) is 2.80. The maximum atomic E-state index is 13.3. The van der Waals surface area contributed by atoms with Crippen LogP contribution in [0.2, 0.25) is 0 Å². The first-order valence-corrected chi connectivity index (χ1v) is 10.1. The van der Waals surface area contributed by atoms with Gasteiger partial charge in [0.1, 0.15) is 12.1 Å². The third-order valence-electron chi connectivity index (χ3n) is 4.35. The monoisotopic (exact) mass is 410 g/mol. The summed E-state index contributed by atoms with van der Waals surface area (Å²) in [5.41, 5.74) is 1.81. The van der Waals surface area contributed by atoms with Gasteiger partial charge in [-0.25, -0.2) is 12.8 Å². The first kappa shape index (κ1) is 18.8. The smallest absolute Gasteiger partial charge is 0.253 e. The van der Waals surface area contributed by atoms with Gasteiger partial charge in [0.2, 0.25) is 9.84 Å². The minimum absolute atomic E-state index is 0.0521. The molecule has 4 rings (SSSR count). The van der Waals surface area contributed by atoms with E-state index in [9.17, 15) is 17.6 Å². The van der Waals surface area contributed by atoms with Crippen molar-refractivity contribution in [3.8, 4) is 0 Å². The van der Waals surface area contributed by atoms with Crippen LogP contribution >= 0.6 is 0 Å². The van der Waals surface area contributed by atoms with Gasteiger partial charge in [-0.2, -0.15) is 0 Å². The Bertz CT molecular complexity index is 1300. The van der Waals surface area contributed by atoms with Crippen LogP contribution in [0.1, 0.15) is 15.9 Å². The van der Waals surface area contributed by atoms with Crippen LogP contribution in [0.15, 0.2) is 83.0 Å². The second kappa shape index (κ2) is 7.44. The van der Waals surface area contributed by atoms with Crippen molar-refractivity contribution in [3.05, 3.63) is 90.1 Å². The number of sulfone groups is 1. The van der Waals surface area contributed by atoms with Crippen molar-refractivity contribution in [1.29, 1.82) is 0 Å². The summed E-state index contributed by atoms with van der Waals surface area (Å²) in [6.45, 7) is 0.222. The Hall–Kier alpha value is -3.59. The average Bonchev–Trinajstić information content (AvgIpc) is 3.20. The number of nitrogens with one attached hydrogen (secondary N) is 1. The standard InChI is InChI=1S/C20H15FN4O3S/c21-16-2-1-3-18(10-16)29(27,28)17-7-4-14(5-8-17)11-22-20(26)15-6-9-19-24-23-13-25(19)12-15/h1-10,12-13H,11H2,(H,22,26). The van der Waals surface area contributed by atoms with Crippen molar-refractivity contribution in [2.75, 3.05) is 0 Å². The van der Waals surface area contributed by atoms with Gasteiger partial charge < -0.3 is 5.32 Å². The third-order valence-corrected chi connectivity index (χ3v) is 6.11. The van der Waals surface area contributed by atoms with Crippen LogP contribution < -0.4 is 5.32 Å². The largest absolute Gasteiger partial charge is 0.348 e. The summed E-state index contributed by atoms with van der Waals surface area (Å²) in [4.78, 5) is 12.3. The lowest BCUT2D eigenvalue weighted by Gasteiger charge is -2.08. The molecule has 0 atom stereocenters. The van der Waals surface area contributed by atoms with Crippen molar-refractivity contribution < 1.29 is 17.6 Å². The van der Waals surface area contributed by atoms with Gasteiger partial charge in [0.25, 0.3) is 5.91 Å². The van der Waals surface area contributed by atoms with E-state index >= 15 is 0 Å². The molecule has 0 saturated heterocycles. The number of halogens is 1. The number of nitrogens with zero attached hydrogens (tertiary/aromatic N) is 3. The molecule has 2 aromatic carbocycles. The Morgan fingerprint density at radius 1 is 1.03 bits per heavy atom. The predicted octanol–water partition coefficient (Wildman–Crippen LogP) is 2.63. The van der Waals surface area contributed by atoms with Crippen LogP contribution in [-0.2, 0) is 16.4 Å². The number of pyridine rings is 1. The molecule has 0 fully saturated rings. The van der Waals surface area contributed by atoms with Gasteiger partial charge in [-0.1, -0.05) is 18.2 Å². The van der Waals surface area contributed by atoms with E-state index in [1.807, 2.05) is 0 Å². The van der Waals surface area contributed by atoms with Crippen molar-refractivity contribution >= 4 is 21.4 Å². The first-order valence-electron chi connectivity index (χ1n) is 8.61. The zero-order valence-corrected chi connectivity index (χ0v) is 15.8. The zero-order valence-electron chi connectivity index (χ0n) is 15.0. The van der Waals surface area contributed by atoms with Gasteiger partial charge in [0.15, 0.2) is 5.65 Å². The zero-order chi connectivity index (χ0) is 20.4. The van der Waals surface area contributed by atoms with Gasteiger partial charge in [-0.3, -0.25) is 9.20 Å². The molecule has 146 valence electrons. The highest BCUT2D eigenvalue weighted by Gasteiger charge is 2.18. The number of rotatable bonds is 5. The average molecular weight is 410 g/mol. The lowest BCUT2D eigenvalue weighted by atomic mass is 10.2. The normalized spacial score (nSPS) is 11.5. The van der Waals surface area contributed by atoms with Crippen LogP contribution in [-0.4, -0.2) is 28.9 Å². The van der Waals surface area contributed by atoms with Gasteiger partial charge in [0, 0.05) is 12.7 Å². The van der Waals surface area contributed by atoms with Crippen LogP contribution in [0.25, 0.3) is 5.65 Å². The summed E-state index contributed by atoms with van der Waals surface area (Å²) < 4.78 is 40.2. The Morgan fingerprint density at radius 2 is 1.83 bits per heavy atom. The number of amides is 1. The van der Waals surface area contributed by atoms with Crippen molar-refractivity contribution in [2.24, 2.45) is 0 Å². The molecule has 0 aliphatic rings. The lowest BCUT2D eigenvalue weighted by molar-refractivity contribution is 0.0950. The number of fused-ring (bicyclic) bond motifs is 1. The van der Waals surface area contributed by atoms with Crippen molar-refractivity contribution in [1.82, 2.24) is 19.9 Å². The summed E-state index contributed by atoms with van der Waals surface area (Å²) in [5, 5.41) is 10.4. The van der Waals surface area contributed by atoms with E-state index in [1.54, 1.807) is 34.9 Å². The van der Waals surface area contributed by atoms with Crippen LogP contribution in [0, 0.1) is 5.82 Å².